The van der Waals surface area contributed by atoms with Gasteiger partial charge < -0.3 is 4.90 Å². The van der Waals surface area contributed by atoms with Crippen molar-refractivity contribution in [1.82, 2.24) is 4.98 Å². The molecule has 0 bridgehead atoms. The molecule has 1 heterocycles. The molecule has 0 saturated carbocycles. The summed E-state index contributed by atoms with van der Waals surface area (Å²) in [7, 11) is 2.11. The number of hydrogen-bond donors (Lipinski definition) is 0. The third-order valence-electron chi connectivity index (χ3n) is 3.73. The van der Waals surface area contributed by atoms with Gasteiger partial charge >= 0.3 is 0 Å². The fraction of sp³-hybridized carbons (Fsp3) is 0.471. The molecule has 0 saturated heterocycles. The summed E-state index contributed by atoms with van der Waals surface area (Å²) in [5, 5.41) is 1.15. The van der Waals surface area contributed by atoms with E-state index in [9.17, 15) is 0 Å². The van der Waals surface area contributed by atoms with Crippen molar-refractivity contribution in [2.45, 2.75) is 39.1 Å². The van der Waals surface area contributed by atoms with Crippen LogP contribution in [0.4, 0.5) is 5.82 Å². The highest BCUT2D eigenvalue weighted by Crippen LogP contribution is 2.26. The zero-order valence-corrected chi connectivity index (χ0v) is 13.5. The second-order valence-electron chi connectivity index (χ2n) is 5.89. The molecule has 0 aliphatic heterocycles. The summed E-state index contributed by atoms with van der Waals surface area (Å²) in [6.45, 7) is 6.75. The molecular weight excluding hydrogens is 268 g/mol. The van der Waals surface area contributed by atoms with E-state index in [2.05, 4.69) is 50.9 Å². The van der Waals surface area contributed by atoms with Crippen molar-refractivity contribution in [3.05, 3.63) is 35.9 Å². The smallest absolute Gasteiger partial charge is 0.133 e. The van der Waals surface area contributed by atoms with Gasteiger partial charge in [0.05, 0.1) is 11.4 Å². The third-order valence-corrected chi connectivity index (χ3v) is 4.02. The average Bonchev–Trinajstić information content (AvgIpc) is 2.44. The van der Waals surface area contributed by atoms with Gasteiger partial charge in [-0.3, -0.25) is 0 Å². The van der Waals surface area contributed by atoms with Crippen LogP contribution in [0, 0.1) is 5.92 Å². The van der Waals surface area contributed by atoms with Crippen LogP contribution in [-0.4, -0.2) is 18.1 Å². The summed E-state index contributed by atoms with van der Waals surface area (Å²) in [4.78, 5) is 7.07. The first kappa shape index (κ1) is 15.1. The Hall–Kier alpha value is -1.28. The monoisotopic (exact) mass is 290 g/mol. The number of halogens is 1. The fourth-order valence-corrected chi connectivity index (χ4v) is 2.80. The van der Waals surface area contributed by atoms with Crippen LogP contribution in [0.25, 0.3) is 10.9 Å². The first-order chi connectivity index (χ1) is 9.52. The lowest BCUT2D eigenvalue weighted by Gasteiger charge is -2.29. The number of para-hydroxylation sites is 1. The molecule has 1 atom stereocenters. The number of hydrogen-bond acceptors (Lipinski definition) is 2. The van der Waals surface area contributed by atoms with E-state index < -0.39 is 0 Å². The summed E-state index contributed by atoms with van der Waals surface area (Å²) in [6.07, 6.45) is 1.15. The number of rotatable bonds is 5. The lowest BCUT2D eigenvalue weighted by Crippen LogP contribution is -2.31. The number of pyridine rings is 1. The molecule has 1 aromatic carbocycles. The number of anilines is 1. The van der Waals surface area contributed by atoms with Gasteiger partial charge in [0, 0.05) is 24.0 Å². The molecule has 2 aromatic rings. The largest absolute Gasteiger partial charge is 0.357 e. The highest BCUT2D eigenvalue weighted by molar-refractivity contribution is 6.17. The quantitative estimate of drug-likeness (QED) is 0.732. The molecule has 2 rings (SSSR count). The van der Waals surface area contributed by atoms with Gasteiger partial charge in [-0.25, -0.2) is 4.98 Å². The van der Waals surface area contributed by atoms with E-state index in [4.69, 9.17) is 16.6 Å². The van der Waals surface area contributed by atoms with Crippen LogP contribution < -0.4 is 4.90 Å². The van der Waals surface area contributed by atoms with Crippen LogP contribution in [0.3, 0.4) is 0 Å². The minimum atomic E-state index is 0.450. The van der Waals surface area contributed by atoms with Crippen molar-refractivity contribution in [2.24, 2.45) is 5.92 Å². The maximum atomic E-state index is 6.12. The molecule has 1 unspecified atom stereocenters. The van der Waals surface area contributed by atoms with Gasteiger partial charge in [-0.15, -0.1) is 11.6 Å². The molecule has 20 heavy (non-hydrogen) atoms. The van der Waals surface area contributed by atoms with E-state index >= 15 is 0 Å². The van der Waals surface area contributed by atoms with Gasteiger partial charge in [0.25, 0.3) is 0 Å². The van der Waals surface area contributed by atoms with Crippen molar-refractivity contribution in [3.63, 3.8) is 0 Å². The van der Waals surface area contributed by atoms with E-state index in [0.717, 1.165) is 28.7 Å². The highest BCUT2D eigenvalue weighted by atomic mass is 35.5. The van der Waals surface area contributed by atoms with Crippen LogP contribution >= 0.6 is 11.6 Å². The summed E-state index contributed by atoms with van der Waals surface area (Å²) in [5.74, 6) is 2.17. The molecule has 0 fully saturated rings. The summed E-state index contributed by atoms with van der Waals surface area (Å²) >= 11 is 6.12. The van der Waals surface area contributed by atoms with Crippen LogP contribution in [0.2, 0.25) is 0 Å². The van der Waals surface area contributed by atoms with Crippen LogP contribution in [0.15, 0.2) is 30.3 Å². The predicted octanol–water partition coefficient (Wildman–Crippen LogP) is 4.84. The van der Waals surface area contributed by atoms with E-state index in [1.165, 1.54) is 0 Å². The fourth-order valence-electron chi connectivity index (χ4n) is 2.60. The zero-order chi connectivity index (χ0) is 14.7. The van der Waals surface area contributed by atoms with E-state index in [1.54, 1.807) is 0 Å². The third kappa shape index (κ3) is 3.24. The normalized spacial score (nSPS) is 12.9. The Morgan fingerprint density at radius 3 is 2.55 bits per heavy atom. The van der Waals surface area contributed by atoms with Gasteiger partial charge in [0.2, 0.25) is 0 Å². The molecular formula is C17H23ClN2. The van der Waals surface area contributed by atoms with Gasteiger partial charge in [-0.1, -0.05) is 32.0 Å². The van der Waals surface area contributed by atoms with Crippen molar-refractivity contribution in [3.8, 4) is 0 Å². The van der Waals surface area contributed by atoms with Crippen LogP contribution in [0.5, 0.6) is 0 Å². The Balaban J connectivity index is 2.41. The molecule has 0 radical (unpaired) electrons. The Bertz CT molecular complexity index is 580. The zero-order valence-electron chi connectivity index (χ0n) is 12.7. The van der Waals surface area contributed by atoms with Gasteiger partial charge in [0.15, 0.2) is 0 Å². The number of alkyl halides is 1. The van der Waals surface area contributed by atoms with Crippen LogP contribution in [-0.2, 0) is 5.88 Å². The molecule has 3 heteroatoms. The number of aromatic nitrogens is 1. The lowest BCUT2D eigenvalue weighted by atomic mass is 10.0. The van der Waals surface area contributed by atoms with Crippen molar-refractivity contribution >= 4 is 28.3 Å². The lowest BCUT2D eigenvalue weighted by molar-refractivity contribution is 0.502. The first-order valence-electron chi connectivity index (χ1n) is 7.20. The highest BCUT2D eigenvalue weighted by Gasteiger charge is 2.16. The molecule has 0 N–H and O–H groups in total. The first-order valence-corrected chi connectivity index (χ1v) is 7.73. The molecule has 0 amide bonds. The number of benzene rings is 1. The predicted molar refractivity (Wildman–Crippen MR) is 88.6 cm³/mol. The second kappa shape index (κ2) is 6.45. The molecule has 108 valence electrons. The maximum Gasteiger partial charge on any atom is 0.133 e. The Morgan fingerprint density at radius 1 is 1.20 bits per heavy atom. The maximum absolute atomic E-state index is 6.12. The van der Waals surface area contributed by atoms with E-state index in [-0.39, 0.29) is 0 Å². The minimum Gasteiger partial charge on any atom is -0.357 e. The summed E-state index contributed by atoms with van der Waals surface area (Å²) < 4.78 is 0. The standard InChI is InChI=1S/C17H23ClN2/c1-12(2)9-13(3)20(4)17-15(11-18)10-14-7-5-6-8-16(14)19-17/h5-8,10,12-13H,9,11H2,1-4H3. The topological polar surface area (TPSA) is 16.1 Å². The molecule has 2 nitrogen and oxygen atoms in total. The Morgan fingerprint density at radius 2 is 1.90 bits per heavy atom. The van der Waals surface area contributed by atoms with E-state index in [0.29, 0.717) is 17.8 Å². The second-order valence-corrected chi connectivity index (χ2v) is 6.15. The summed E-state index contributed by atoms with van der Waals surface area (Å²) in [6, 6.07) is 10.8. The molecule has 0 aliphatic rings. The van der Waals surface area contributed by atoms with Crippen LogP contribution in [0.1, 0.15) is 32.8 Å². The Kier molecular flexibility index (Phi) is 4.87. The van der Waals surface area contributed by atoms with Gasteiger partial charge in [-0.05, 0) is 31.4 Å². The minimum absolute atomic E-state index is 0.450. The van der Waals surface area contributed by atoms with Gasteiger partial charge in [-0.2, -0.15) is 0 Å². The number of nitrogens with zero attached hydrogens (tertiary/aromatic N) is 2. The molecule has 1 aromatic heterocycles. The van der Waals surface area contributed by atoms with Gasteiger partial charge in [0.1, 0.15) is 5.82 Å². The van der Waals surface area contributed by atoms with E-state index in [1.807, 2.05) is 12.1 Å². The van der Waals surface area contributed by atoms with Crippen molar-refractivity contribution in [2.75, 3.05) is 11.9 Å². The molecule has 0 aliphatic carbocycles. The summed E-state index contributed by atoms with van der Waals surface area (Å²) in [5.41, 5.74) is 2.13. The average molecular weight is 291 g/mol. The van der Waals surface area contributed by atoms with Crippen molar-refractivity contribution < 1.29 is 0 Å². The number of fused-ring (bicyclic) bond motifs is 1. The van der Waals surface area contributed by atoms with Crippen molar-refractivity contribution in [1.29, 1.82) is 0 Å². The SMILES string of the molecule is CC(C)CC(C)N(C)c1nc2ccccc2cc1CCl. The molecule has 0 spiro atoms. The Labute approximate surface area is 126 Å².